The molecule has 0 saturated carbocycles. The second-order valence-corrected chi connectivity index (χ2v) is 8.30. The number of anilines is 1. The average Bonchev–Trinajstić information content (AvgIpc) is 3.49. The minimum Gasteiger partial charge on any atom is -0.351 e. The van der Waals surface area contributed by atoms with Crippen LogP contribution in [0.15, 0.2) is 61.3 Å². The van der Waals surface area contributed by atoms with Crippen molar-refractivity contribution in [3.63, 3.8) is 0 Å². The first-order valence-electron chi connectivity index (χ1n) is 10.3. The van der Waals surface area contributed by atoms with Crippen molar-refractivity contribution in [3.05, 3.63) is 95.3 Å². The van der Waals surface area contributed by atoms with Gasteiger partial charge in [-0.15, -0.1) is 10.2 Å². The first-order chi connectivity index (χ1) is 15.5. The van der Waals surface area contributed by atoms with Crippen molar-refractivity contribution in [2.24, 2.45) is 0 Å². The Balaban J connectivity index is 1.69. The molecule has 9 heteroatoms. The molecule has 162 valence electrons. The standard InChI is InChI=1S/C23H22FN7S/c1-14-10-17(7-8-19(14)24)30-22(21(28-23(30)32)20-6-4-5-9-25-20)18-11-15(2)31(16(18)3)29-12-26-27-13-29/h4-13,21-22H,1-3H3,(H,28,32)/t21-,22+/m0/s1. The predicted octanol–water partition coefficient (Wildman–Crippen LogP) is 4.03. The van der Waals surface area contributed by atoms with Crippen LogP contribution in [0.1, 0.15) is 40.3 Å². The molecule has 0 amide bonds. The summed E-state index contributed by atoms with van der Waals surface area (Å²) in [5.74, 6) is -0.240. The smallest absolute Gasteiger partial charge is 0.174 e. The molecule has 0 radical (unpaired) electrons. The van der Waals surface area contributed by atoms with Crippen molar-refractivity contribution >= 4 is 23.0 Å². The molecule has 1 aromatic carbocycles. The maximum absolute atomic E-state index is 14.0. The van der Waals surface area contributed by atoms with Crippen LogP contribution >= 0.6 is 12.2 Å². The number of nitrogens with one attached hydrogen (secondary N) is 1. The SMILES string of the molecule is Cc1cc(N2C(=S)N[C@@H](c3ccccn3)[C@H]2c2cc(C)n(-n3cnnc3)c2C)ccc1F. The zero-order valence-electron chi connectivity index (χ0n) is 17.9. The van der Waals surface area contributed by atoms with E-state index in [2.05, 4.69) is 43.1 Å². The molecule has 4 heterocycles. The lowest BCUT2D eigenvalue weighted by atomic mass is 9.96. The van der Waals surface area contributed by atoms with E-state index in [0.717, 1.165) is 28.3 Å². The maximum Gasteiger partial charge on any atom is 0.174 e. The van der Waals surface area contributed by atoms with Gasteiger partial charge in [0.25, 0.3) is 0 Å². The number of aromatic nitrogens is 5. The average molecular weight is 448 g/mol. The molecule has 1 N–H and O–H groups in total. The summed E-state index contributed by atoms with van der Waals surface area (Å²) in [5.41, 5.74) is 5.43. The molecule has 0 aliphatic carbocycles. The van der Waals surface area contributed by atoms with Gasteiger partial charge in [-0.2, -0.15) is 0 Å². The number of rotatable bonds is 4. The fraction of sp³-hybridized carbons (Fsp3) is 0.217. The molecule has 0 spiro atoms. The van der Waals surface area contributed by atoms with Gasteiger partial charge in [0.1, 0.15) is 18.5 Å². The highest BCUT2D eigenvalue weighted by atomic mass is 32.1. The van der Waals surface area contributed by atoms with Crippen LogP contribution in [0.5, 0.6) is 0 Å². The fourth-order valence-electron chi connectivity index (χ4n) is 4.46. The van der Waals surface area contributed by atoms with E-state index in [9.17, 15) is 4.39 Å². The monoisotopic (exact) mass is 447 g/mol. The van der Waals surface area contributed by atoms with E-state index in [-0.39, 0.29) is 17.9 Å². The van der Waals surface area contributed by atoms with Gasteiger partial charge in [0.05, 0.1) is 17.8 Å². The van der Waals surface area contributed by atoms with Gasteiger partial charge in [-0.05, 0) is 75.0 Å². The summed E-state index contributed by atoms with van der Waals surface area (Å²) in [4.78, 5) is 6.65. The van der Waals surface area contributed by atoms with E-state index in [0.29, 0.717) is 10.7 Å². The molecular weight excluding hydrogens is 425 g/mol. The van der Waals surface area contributed by atoms with Crippen LogP contribution < -0.4 is 10.2 Å². The fourth-order valence-corrected chi connectivity index (χ4v) is 4.80. The van der Waals surface area contributed by atoms with Gasteiger partial charge in [-0.3, -0.25) is 9.66 Å². The van der Waals surface area contributed by atoms with E-state index in [4.69, 9.17) is 12.2 Å². The molecule has 1 aliphatic rings. The van der Waals surface area contributed by atoms with E-state index in [1.165, 1.54) is 6.07 Å². The van der Waals surface area contributed by atoms with Gasteiger partial charge in [0, 0.05) is 28.8 Å². The van der Waals surface area contributed by atoms with Crippen molar-refractivity contribution in [2.75, 3.05) is 4.90 Å². The molecule has 3 aromatic heterocycles. The molecule has 7 nitrogen and oxygen atoms in total. The Morgan fingerprint density at radius 1 is 1.03 bits per heavy atom. The molecule has 5 rings (SSSR count). The van der Waals surface area contributed by atoms with Crippen LogP contribution in [0.2, 0.25) is 0 Å². The second-order valence-electron chi connectivity index (χ2n) is 7.91. The molecule has 1 fully saturated rings. The highest BCUT2D eigenvalue weighted by Gasteiger charge is 2.42. The van der Waals surface area contributed by atoms with Crippen LogP contribution in [-0.2, 0) is 0 Å². The number of pyridine rings is 1. The van der Waals surface area contributed by atoms with Gasteiger partial charge in [0.15, 0.2) is 5.11 Å². The Bertz CT molecular complexity index is 1280. The number of nitrogens with zero attached hydrogens (tertiary/aromatic N) is 6. The molecule has 2 atom stereocenters. The van der Waals surface area contributed by atoms with E-state index >= 15 is 0 Å². The van der Waals surface area contributed by atoms with Crippen molar-refractivity contribution < 1.29 is 4.39 Å². The van der Waals surface area contributed by atoms with Gasteiger partial charge < -0.3 is 10.2 Å². The molecular formula is C23H22FN7S. The highest BCUT2D eigenvalue weighted by Crippen LogP contribution is 2.43. The lowest BCUT2D eigenvalue weighted by Gasteiger charge is -2.28. The summed E-state index contributed by atoms with van der Waals surface area (Å²) in [6, 6.07) is 12.7. The summed E-state index contributed by atoms with van der Waals surface area (Å²) >= 11 is 5.78. The molecule has 1 aliphatic heterocycles. The Labute approximate surface area is 190 Å². The van der Waals surface area contributed by atoms with E-state index < -0.39 is 0 Å². The summed E-state index contributed by atoms with van der Waals surface area (Å²) in [7, 11) is 0. The lowest BCUT2D eigenvalue weighted by molar-refractivity contribution is 0.557. The van der Waals surface area contributed by atoms with Crippen molar-refractivity contribution in [2.45, 2.75) is 32.9 Å². The summed E-state index contributed by atoms with van der Waals surface area (Å²) in [6.45, 7) is 5.86. The number of thiocarbonyl (C=S) groups is 1. The molecule has 1 saturated heterocycles. The van der Waals surface area contributed by atoms with Gasteiger partial charge >= 0.3 is 0 Å². The highest BCUT2D eigenvalue weighted by molar-refractivity contribution is 7.80. The first kappa shape index (κ1) is 20.3. The molecule has 0 unspecified atom stereocenters. The van der Waals surface area contributed by atoms with Crippen molar-refractivity contribution in [1.29, 1.82) is 0 Å². The summed E-state index contributed by atoms with van der Waals surface area (Å²) in [5, 5.41) is 11.9. The van der Waals surface area contributed by atoms with Crippen molar-refractivity contribution in [1.82, 2.24) is 29.9 Å². The van der Waals surface area contributed by atoms with Gasteiger partial charge in [-0.1, -0.05) is 6.07 Å². The molecule has 0 bridgehead atoms. The maximum atomic E-state index is 14.0. The quantitative estimate of drug-likeness (QED) is 0.477. The number of hydrogen-bond donors (Lipinski definition) is 1. The Morgan fingerprint density at radius 2 is 1.81 bits per heavy atom. The van der Waals surface area contributed by atoms with Gasteiger partial charge in [0.2, 0.25) is 0 Å². The number of benzene rings is 1. The Kier molecular flexibility index (Phi) is 4.97. The largest absolute Gasteiger partial charge is 0.351 e. The van der Waals surface area contributed by atoms with E-state index in [1.807, 2.05) is 35.9 Å². The zero-order valence-corrected chi connectivity index (χ0v) is 18.7. The third kappa shape index (κ3) is 3.25. The number of halogens is 1. The van der Waals surface area contributed by atoms with Crippen LogP contribution in [0, 0.1) is 26.6 Å². The Morgan fingerprint density at radius 3 is 2.50 bits per heavy atom. The predicted molar refractivity (Wildman–Crippen MR) is 124 cm³/mol. The summed E-state index contributed by atoms with van der Waals surface area (Å²) < 4.78 is 17.9. The van der Waals surface area contributed by atoms with E-state index in [1.54, 1.807) is 31.8 Å². The van der Waals surface area contributed by atoms with Crippen LogP contribution in [0.3, 0.4) is 0 Å². The first-order valence-corrected chi connectivity index (χ1v) is 10.7. The summed E-state index contributed by atoms with van der Waals surface area (Å²) in [6.07, 6.45) is 5.11. The third-order valence-electron chi connectivity index (χ3n) is 5.91. The molecule has 32 heavy (non-hydrogen) atoms. The minimum absolute atomic E-state index is 0.177. The van der Waals surface area contributed by atoms with Crippen molar-refractivity contribution in [3.8, 4) is 0 Å². The third-order valence-corrected chi connectivity index (χ3v) is 6.22. The van der Waals surface area contributed by atoms with Crippen LogP contribution in [-0.4, -0.2) is 29.6 Å². The number of aryl methyl sites for hydroxylation is 2. The molecule has 4 aromatic rings. The normalized spacial score (nSPS) is 18.2. The Hall–Kier alpha value is -3.59. The van der Waals surface area contributed by atoms with Crippen LogP contribution in [0.4, 0.5) is 10.1 Å². The second kappa shape index (κ2) is 7.83. The van der Waals surface area contributed by atoms with Gasteiger partial charge in [-0.25, -0.2) is 9.07 Å². The van der Waals surface area contributed by atoms with Crippen LogP contribution in [0.25, 0.3) is 0 Å². The number of hydrogen-bond acceptors (Lipinski definition) is 4. The minimum atomic E-state index is -0.240. The zero-order chi connectivity index (χ0) is 22.4. The lowest BCUT2D eigenvalue weighted by Crippen LogP contribution is -2.29. The topological polar surface area (TPSA) is 63.8 Å².